The van der Waals surface area contributed by atoms with Gasteiger partial charge in [0.2, 0.25) is 0 Å². The normalized spacial score (nSPS) is 19.0. The number of nitrogens with zero attached hydrogens (tertiary/aromatic N) is 3. The third-order valence-corrected chi connectivity index (χ3v) is 5.66. The van der Waals surface area contributed by atoms with Gasteiger partial charge in [-0.1, -0.05) is 12.1 Å². The predicted molar refractivity (Wildman–Crippen MR) is 106 cm³/mol. The Morgan fingerprint density at radius 3 is 2.66 bits per heavy atom. The smallest absolute Gasteiger partial charge is 0.410 e. The van der Waals surface area contributed by atoms with Gasteiger partial charge in [0.15, 0.2) is 0 Å². The van der Waals surface area contributed by atoms with Gasteiger partial charge in [0.05, 0.1) is 24.3 Å². The molecule has 0 radical (unpaired) electrons. The van der Waals surface area contributed by atoms with E-state index < -0.39 is 5.60 Å². The predicted octanol–water partition coefficient (Wildman–Crippen LogP) is 4.20. The second-order valence-corrected chi connectivity index (χ2v) is 8.82. The molecule has 1 amide bonds. The minimum absolute atomic E-state index is 0.106. The van der Waals surface area contributed by atoms with Crippen LogP contribution in [0, 0.1) is 11.7 Å². The van der Waals surface area contributed by atoms with Gasteiger partial charge in [-0.15, -0.1) is 0 Å². The number of hydrogen-bond acceptors (Lipinski definition) is 4. The van der Waals surface area contributed by atoms with E-state index in [0.717, 1.165) is 11.3 Å². The molecule has 7 heteroatoms. The van der Waals surface area contributed by atoms with Crippen molar-refractivity contribution in [3.63, 3.8) is 0 Å². The SMILES string of the molecule is CC(C)(C)OC(=O)N1CCC(C(=O)CC2c3c(F)cccc3-c3cncn32)CC1. The van der Waals surface area contributed by atoms with Crippen molar-refractivity contribution in [1.82, 2.24) is 14.5 Å². The number of ketones is 1. The molecule has 4 rings (SSSR count). The molecule has 2 aliphatic heterocycles. The van der Waals surface area contributed by atoms with E-state index in [1.165, 1.54) is 6.07 Å². The quantitative estimate of drug-likeness (QED) is 0.776. The lowest BCUT2D eigenvalue weighted by Crippen LogP contribution is -2.43. The number of piperidine rings is 1. The Bertz CT molecular complexity index is 939. The van der Waals surface area contributed by atoms with Crippen molar-refractivity contribution in [3.8, 4) is 11.3 Å². The van der Waals surface area contributed by atoms with E-state index in [4.69, 9.17) is 4.74 Å². The molecule has 2 aromatic rings. The molecule has 0 spiro atoms. The highest BCUT2D eigenvalue weighted by Gasteiger charge is 2.36. The molecule has 0 N–H and O–H groups in total. The number of ether oxygens (including phenoxy) is 1. The Hall–Kier alpha value is -2.70. The number of halogens is 1. The fraction of sp³-hybridized carbons (Fsp3) is 0.500. The number of rotatable bonds is 3. The highest BCUT2D eigenvalue weighted by molar-refractivity contribution is 5.83. The highest BCUT2D eigenvalue weighted by atomic mass is 19.1. The number of amides is 1. The number of carbonyl (C=O) groups is 2. The fourth-order valence-corrected chi connectivity index (χ4v) is 4.27. The molecular formula is C22H26FN3O3. The maximum Gasteiger partial charge on any atom is 0.410 e. The molecule has 1 unspecified atom stereocenters. The summed E-state index contributed by atoms with van der Waals surface area (Å²) in [5, 5.41) is 0. The molecule has 1 fully saturated rings. The lowest BCUT2D eigenvalue weighted by Gasteiger charge is -2.33. The molecule has 0 bridgehead atoms. The molecule has 154 valence electrons. The number of hydrogen-bond donors (Lipinski definition) is 0. The van der Waals surface area contributed by atoms with Gasteiger partial charge in [0.25, 0.3) is 0 Å². The summed E-state index contributed by atoms with van der Waals surface area (Å²) in [4.78, 5) is 31.1. The molecule has 1 aromatic heterocycles. The Morgan fingerprint density at radius 2 is 1.97 bits per heavy atom. The second kappa shape index (κ2) is 7.28. The lowest BCUT2D eigenvalue weighted by atomic mass is 9.87. The van der Waals surface area contributed by atoms with Crippen molar-refractivity contribution >= 4 is 11.9 Å². The Morgan fingerprint density at radius 1 is 1.24 bits per heavy atom. The van der Waals surface area contributed by atoms with Crippen molar-refractivity contribution in [2.45, 2.75) is 51.7 Å². The van der Waals surface area contributed by atoms with Crippen LogP contribution in [0.5, 0.6) is 0 Å². The van der Waals surface area contributed by atoms with Crippen LogP contribution in [-0.2, 0) is 9.53 Å². The highest BCUT2D eigenvalue weighted by Crippen LogP contribution is 2.42. The molecule has 1 aromatic carbocycles. The number of Topliss-reactive ketones (excluding diaryl/α,β-unsaturated/α-hetero) is 1. The number of aromatic nitrogens is 2. The third-order valence-electron chi connectivity index (χ3n) is 5.66. The summed E-state index contributed by atoms with van der Waals surface area (Å²) >= 11 is 0. The van der Waals surface area contributed by atoms with Crippen LogP contribution >= 0.6 is 0 Å². The Balaban J connectivity index is 1.42. The minimum Gasteiger partial charge on any atom is -0.444 e. The largest absolute Gasteiger partial charge is 0.444 e. The van der Waals surface area contributed by atoms with Gasteiger partial charge in [-0.25, -0.2) is 14.2 Å². The molecule has 2 aliphatic rings. The minimum atomic E-state index is -0.536. The van der Waals surface area contributed by atoms with Gasteiger partial charge in [0.1, 0.15) is 17.2 Å². The topological polar surface area (TPSA) is 64.4 Å². The summed E-state index contributed by atoms with van der Waals surface area (Å²) in [7, 11) is 0. The van der Waals surface area contributed by atoms with Crippen LogP contribution in [0.15, 0.2) is 30.7 Å². The number of fused-ring (bicyclic) bond motifs is 3. The summed E-state index contributed by atoms with van der Waals surface area (Å²) in [6.07, 6.45) is 4.48. The van der Waals surface area contributed by atoms with Crippen LogP contribution in [0.4, 0.5) is 9.18 Å². The van der Waals surface area contributed by atoms with Crippen LogP contribution in [0.2, 0.25) is 0 Å². The van der Waals surface area contributed by atoms with Gasteiger partial charge in [-0.05, 0) is 39.7 Å². The number of likely N-dealkylation sites (tertiary alicyclic amines) is 1. The average Bonchev–Trinajstić information content (AvgIpc) is 3.24. The summed E-state index contributed by atoms with van der Waals surface area (Å²) in [6, 6.07) is 4.63. The first-order valence-corrected chi connectivity index (χ1v) is 10.1. The zero-order valence-electron chi connectivity index (χ0n) is 17.0. The summed E-state index contributed by atoms with van der Waals surface area (Å²) in [5.74, 6) is -0.310. The van der Waals surface area contributed by atoms with Gasteiger partial charge < -0.3 is 14.2 Å². The van der Waals surface area contributed by atoms with E-state index in [-0.39, 0.29) is 36.1 Å². The van der Waals surface area contributed by atoms with Crippen LogP contribution in [0.1, 0.15) is 51.6 Å². The monoisotopic (exact) mass is 399 g/mol. The average molecular weight is 399 g/mol. The molecule has 0 aliphatic carbocycles. The maximum atomic E-state index is 14.5. The second-order valence-electron chi connectivity index (χ2n) is 8.82. The fourth-order valence-electron chi connectivity index (χ4n) is 4.27. The van der Waals surface area contributed by atoms with Crippen molar-refractivity contribution < 1.29 is 18.7 Å². The molecule has 29 heavy (non-hydrogen) atoms. The van der Waals surface area contributed by atoms with E-state index in [9.17, 15) is 14.0 Å². The van der Waals surface area contributed by atoms with Crippen molar-refractivity contribution in [1.29, 1.82) is 0 Å². The number of carbonyl (C=O) groups excluding carboxylic acids is 2. The van der Waals surface area contributed by atoms with Crippen LogP contribution < -0.4 is 0 Å². The Kier molecular flexibility index (Phi) is 4.92. The van der Waals surface area contributed by atoms with E-state index in [1.807, 2.05) is 31.4 Å². The molecule has 3 heterocycles. The maximum absolute atomic E-state index is 14.5. The number of imidazole rings is 1. The van der Waals surface area contributed by atoms with Gasteiger partial charge in [0, 0.05) is 36.6 Å². The summed E-state index contributed by atoms with van der Waals surface area (Å²) < 4.78 is 21.9. The van der Waals surface area contributed by atoms with E-state index >= 15 is 0 Å². The zero-order chi connectivity index (χ0) is 20.8. The lowest BCUT2D eigenvalue weighted by molar-refractivity contribution is -0.124. The van der Waals surface area contributed by atoms with E-state index in [2.05, 4.69) is 4.98 Å². The third kappa shape index (κ3) is 3.78. The molecular weight excluding hydrogens is 373 g/mol. The number of benzene rings is 1. The van der Waals surface area contributed by atoms with Gasteiger partial charge in [-0.2, -0.15) is 0 Å². The zero-order valence-corrected chi connectivity index (χ0v) is 17.0. The Labute approximate surface area is 169 Å². The first kappa shape index (κ1) is 19.6. The van der Waals surface area contributed by atoms with E-state index in [0.29, 0.717) is 31.5 Å². The van der Waals surface area contributed by atoms with Crippen molar-refractivity contribution in [3.05, 3.63) is 42.1 Å². The first-order valence-electron chi connectivity index (χ1n) is 10.1. The molecule has 0 saturated carbocycles. The van der Waals surface area contributed by atoms with E-state index in [1.54, 1.807) is 23.5 Å². The van der Waals surface area contributed by atoms with Gasteiger partial charge >= 0.3 is 6.09 Å². The van der Waals surface area contributed by atoms with Crippen LogP contribution in [0.25, 0.3) is 11.3 Å². The van der Waals surface area contributed by atoms with Crippen LogP contribution in [-0.4, -0.2) is 45.0 Å². The standard InChI is InChI=1S/C22H26FN3O3/c1-22(2,3)29-21(28)25-9-7-14(8-10-25)19(27)11-17-20-15(5-4-6-16(20)23)18-12-24-13-26(17)18/h4-6,12-14,17H,7-11H2,1-3H3. The molecule has 1 atom stereocenters. The van der Waals surface area contributed by atoms with Crippen LogP contribution in [0.3, 0.4) is 0 Å². The molecule has 1 saturated heterocycles. The van der Waals surface area contributed by atoms with Gasteiger partial charge in [-0.3, -0.25) is 4.79 Å². The van der Waals surface area contributed by atoms with Crippen molar-refractivity contribution in [2.24, 2.45) is 5.92 Å². The molecule has 6 nitrogen and oxygen atoms in total. The summed E-state index contributed by atoms with van der Waals surface area (Å²) in [5.41, 5.74) is 1.69. The first-order chi connectivity index (χ1) is 13.7. The van der Waals surface area contributed by atoms with Crippen molar-refractivity contribution in [2.75, 3.05) is 13.1 Å². The summed E-state index contributed by atoms with van der Waals surface area (Å²) in [6.45, 7) is 6.51.